The molecule has 19 heavy (non-hydrogen) atoms. The lowest BCUT2D eigenvalue weighted by molar-refractivity contribution is 1.26. The Bertz CT molecular complexity index is 562. The Morgan fingerprint density at radius 2 is 1.95 bits per heavy atom. The van der Waals surface area contributed by atoms with Gasteiger partial charge in [0.15, 0.2) is 0 Å². The van der Waals surface area contributed by atoms with Crippen LogP contribution in [0.2, 0.25) is 0 Å². The average Bonchev–Trinajstić information content (AvgIpc) is 2.46. The standard InChI is InChI=1S/C18H19P/c1-15-9-11-17(12-10-15)7-4-3-6-16(2)18-8-5-13-19-14-18/h3-6,8-14H,7H2,1-2H3/b4-3-,16-6+. The second-order valence-corrected chi connectivity index (χ2v) is 5.56. The molecular formula is C18H19P. The van der Waals surface area contributed by atoms with Crippen LogP contribution in [0.25, 0.3) is 5.57 Å². The van der Waals surface area contributed by atoms with Crippen LogP contribution in [0.1, 0.15) is 23.6 Å². The van der Waals surface area contributed by atoms with Crippen LogP contribution in [0, 0.1) is 6.92 Å². The van der Waals surface area contributed by atoms with E-state index in [1.165, 1.54) is 30.5 Å². The number of aryl methyl sites for hydroxylation is 1. The van der Waals surface area contributed by atoms with E-state index in [9.17, 15) is 0 Å². The number of hydrogen-bond donors (Lipinski definition) is 0. The van der Waals surface area contributed by atoms with Gasteiger partial charge in [0, 0.05) is 0 Å². The Hall–Kier alpha value is -1.65. The summed E-state index contributed by atoms with van der Waals surface area (Å²) >= 11 is 0. The van der Waals surface area contributed by atoms with Crippen molar-refractivity contribution >= 4 is 13.8 Å². The summed E-state index contributed by atoms with van der Waals surface area (Å²) < 4.78 is 0. The molecule has 1 heteroatoms. The van der Waals surface area contributed by atoms with E-state index in [2.05, 4.69) is 80.1 Å². The lowest BCUT2D eigenvalue weighted by Crippen LogP contribution is -1.80. The fourth-order valence-electron chi connectivity index (χ4n) is 1.83. The third-order valence-electron chi connectivity index (χ3n) is 3.07. The van der Waals surface area contributed by atoms with Gasteiger partial charge in [0.05, 0.1) is 0 Å². The minimum atomic E-state index is 0.991. The molecule has 1 aromatic heterocycles. The Labute approximate surface area is 117 Å². The van der Waals surface area contributed by atoms with Crippen molar-refractivity contribution in [3.05, 3.63) is 82.9 Å². The fraction of sp³-hybridized carbons (Fsp3) is 0.167. The summed E-state index contributed by atoms with van der Waals surface area (Å²) in [5, 5.41) is 0. The van der Waals surface area contributed by atoms with Crippen molar-refractivity contribution in [2.75, 3.05) is 0 Å². The quantitative estimate of drug-likeness (QED) is 0.615. The van der Waals surface area contributed by atoms with Crippen molar-refractivity contribution < 1.29 is 0 Å². The average molecular weight is 266 g/mol. The van der Waals surface area contributed by atoms with Crippen molar-refractivity contribution in [2.45, 2.75) is 20.3 Å². The minimum Gasteiger partial charge on any atom is -0.0801 e. The molecule has 0 radical (unpaired) electrons. The second kappa shape index (κ2) is 7.07. The molecule has 0 unspecified atom stereocenters. The highest BCUT2D eigenvalue weighted by Crippen LogP contribution is 2.17. The van der Waals surface area contributed by atoms with Crippen LogP contribution in [-0.2, 0) is 6.42 Å². The summed E-state index contributed by atoms with van der Waals surface area (Å²) in [5.74, 6) is 4.38. The van der Waals surface area contributed by atoms with E-state index in [-0.39, 0.29) is 0 Å². The van der Waals surface area contributed by atoms with Crippen molar-refractivity contribution in [3.8, 4) is 0 Å². The smallest absolute Gasteiger partial charge is 0.00943 e. The topological polar surface area (TPSA) is 0 Å². The lowest BCUT2D eigenvalue weighted by Gasteiger charge is -1.99. The van der Waals surface area contributed by atoms with Crippen LogP contribution >= 0.6 is 8.19 Å². The van der Waals surface area contributed by atoms with E-state index in [4.69, 9.17) is 0 Å². The van der Waals surface area contributed by atoms with Crippen molar-refractivity contribution in [3.63, 3.8) is 0 Å². The van der Waals surface area contributed by atoms with E-state index in [0.29, 0.717) is 0 Å². The molecule has 1 aromatic carbocycles. The van der Waals surface area contributed by atoms with Crippen LogP contribution in [-0.4, -0.2) is 0 Å². The highest BCUT2D eigenvalue weighted by Gasteiger charge is 1.91. The monoisotopic (exact) mass is 266 g/mol. The molecule has 0 amide bonds. The van der Waals surface area contributed by atoms with Gasteiger partial charge in [-0.15, -0.1) is 0 Å². The van der Waals surface area contributed by atoms with Crippen molar-refractivity contribution in [2.24, 2.45) is 0 Å². The van der Waals surface area contributed by atoms with Gasteiger partial charge >= 0.3 is 0 Å². The van der Waals surface area contributed by atoms with Gasteiger partial charge in [-0.1, -0.05) is 68.4 Å². The summed E-state index contributed by atoms with van der Waals surface area (Å²) in [4.78, 5) is 0. The molecule has 0 spiro atoms. The predicted octanol–water partition coefficient (Wildman–Crippen LogP) is 5.78. The molecule has 96 valence electrons. The zero-order valence-corrected chi connectivity index (χ0v) is 12.4. The first-order chi connectivity index (χ1) is 9.25. The van der Waals surface area contributed by atoms with Gasteiger partial charge < -0.3 is 0 Å². The Morgan fingerprint density at radius 3 is 2.63 bits per heavy atom. The Balaban J connectivity index is 1.94. The summed E-state index contributed by atoms with van der Waals surface area (Å²) in [6, 6.07) is 13.0. The Morgan fingerprint density at radius 1 is 1.16 bits per heavy atom. The van der Waals surface area contributed by atoms with E-state index < -0.39 is 0 Å². The SMILES string of the molecule is C/C(=C\C=C/Cc1ccc(C)cc1)c1cccpc1. The largest absolute Gasteiger partial charge is 0.0801 e. The van der Waals surface area contributed by atoms with Crippen LogP contribution in [0.15, 0.2) is 66.2 Å². The number of rotatable bonds is 4. The first-order valence-electron chi connectivity index (χ1n) is 6.55. The summed E-state index contributed by atoms with van der Waals surface area (Å²) in [5.41, 5.74) is 5.31. The minimum absolute atomic E-state index is 0.991. The molecule has 0 aliphatic rings. The molecule has 2 rings (SSSR count). The first kappa shape index (κ1) is 13.8. The maximum atomic E-state index is 2.24. The van der Waals surface area contributed by atoms with Gasteiger partial charge in [-0.05, 0) is 48.6 Å². The zero-order valence-electron chi connectivity index (χ0n) is 11.5. The van der Waals surface area contributed by atoms with Gasteiger partial charge in [-0.2, -0.15) is 0 Å². The molecule has 0 saturated carbocycles. The number of allylic oxidation sites excluding steroid dienone is 4. The van der Waals surface area contributed by atoms with Crippen LogP contribution in [0.5, 0.6) is 0 Å². The first-order valence-corrected chi connectivity index (χ1v) is 7.58. The van der Waals surface area contributed by atoms with Crippen molar-refractivity contribution in [1.82, 2.24) is 0 Å². The second-order valence-electron chi connectivity index (χ2n) is 4.71. The van der Waals surface area contributed by atoms with Crippen LogP contribution < -0.4 is 0 Å². The third-order valence-corrected chi connectivity index (χ3v) is 3.84. The number of hydrogen-bond acceptors (Lipinski definition) is 0. The van der Waals surface area contributed by atoms with E-state index in [0.717, 1.165) is 6.42 Å². The molecule has 0 aliphatic heterocycles. The van der Waals surface area contributed by atoms with Gasteiger partial charge in [0.1, 0.15) is 0 Å². The van der Waals surface area contributed by atoms with E-state index in [1.54, 1.807) is 0 Å². The van der Waals surface area contributed by atoms with Crippen LogP contribution in [0.3, 0.4) is 0 Å². The molecule has 1 heterocycles. The van der Waals surface area contributed by atoms with Crippen LogP contribution in [0.4, 0.5) is 0 Å². The highest BCUT2D eigenvalue weighted by molar-refractivity contribution is 7.28. The van der Waals surface area contributed by atoms with E-state index in [1.807, 2.05) is 0 Å². The summed E-state index contributed by atoms with van der Waals surface area (Å²) in [6.45, 7) is 4.28. The zero-order chi connectivity index (χ0) is 13.5. The fourth-order valence-corrected chi connectivity index (χ4v) is 2.55. The maximum Gasteiger partial charge on any atom is -0.00943 e. The Kier molecular flexibility index (Phi) is 5.12. The normalized spacial score (nSPS) is 12.4. The molecule has 0 fully saturated rings. The maximum absolute atomic E-state index is 2.24. The summed E-state index contributed by atoms with van der Waals surface area (Å²) in [6.07, 6.45) is 7.54. The third kappa shape index (κ3) is 4.50. The number of benzene rings is 1. The van der Waals surface area contributed by atoms with Crippen molar-refractivity contribution in [1.29, 1.82) is 0 Å². The van der Waals surface area contributed by atoms with Gasteiger partial charge in [0.25, 0.3) is 0 Å². The molecular weight excluding hydrogens is 247 g/mol. The predicted molar refractivity (Wildman–Crippen MR) is 86.6 cm³/mol. The molecule has 0 nitrogen and oxygen atoms in total. The lowest BCUT2D eigenvalue weighted by atomic mass is 10.1. The molecule has 0 aliphatic carbocycles. The molecule has 0 saturated heterocycles. The highest BCUT2D eigenvalue weighted by atomic mass is 31.0. The summed E-state index contributed by atoms with van der Waals surface area (Å²) in [7, 11) is 1.27. The van der Waals surface area contributed by atoms with Gasteiger partial charge in [-0.3, -0.25) is 0 Å². The molecule has 0 N–H and O–H groups in total. The van der Waals surface area contributed by atoms with Gasteiger partial charge in [0.2, 0.25) is 0 Å². The molecule has 0 bridgehead atoms. The van der Waals surface area contributed by atoms with Gasteiger partial charge in [-0.25, -0.2) is 0 Å². The molecule has 0 atom stereocenters. The molecule has 2 aromatic rings. The van der Waals surface area contributed by atoms with E-state index >= 15 is 0 Å².